The average molecular weight is 961 g/mol. The van der Waals surface area contributed by atoms with Gasteiger partial charge in [0.15, 0.2) is 0 Å². The van der Waals surface area contributed by atoms with Crippen molar-refractivity contribution in [2.75, 3.05) is 13.2 Å². The van der Waals surface area contributed by atoms with Crippen molar-refractivity contribution < 1.29 is 9.47 Å². The SMILES string of the molecule is CCCCCCCCC#Cc1ccc(-c2ccc(-c3cc(C)c(-c4ccc(-c5ccc(-c6cc(OCCCCCC)c(-c7ccc(P)s7)cc6OCCCCCC)s5)s4)cc3C)s2)s1. The largest absolute Gasteiger partial charge is 0.493 e. The first-order valence-corrected chi connectivity index (χ1v) is 28.3. The molecule has 2 nitrogen and oxygen atoms in total. The van der Waals surface area contributed by atoms with Gasteiger partial charge in [0.1, 0.15) is 11.5 Å². The van der Waals surface area contributed by atoms with Crippen LogP contribution in [0.25, 0.3) is 61.3 Å². The molecule has 0 N–H and O–H groups in total. The molecule has 5 heterocycles. The molecule has 336 valence electrons. The fourth-order valence-corrected chi connectivity index (χ4v) is 13.5. The summed E-state index contributed by atoms with van der Waals surface area (Å²) < 4.78 is 14.5. The van der Waals surface area contributed by atoms with E-state index in [4.69, 9.17) is 9.47 Å². The number of rotatable bonds is 24. The second-order valence-electron chi connectivity index (χ2n) is 16.8. The minimum absolute atomic E-state index is 0.714. The Balaban J connectivity index is 1.08. The molecule has 1 unspecified atom stereocenters. The van der Waals surface area contributed by atoms with Crippen molar-refractivity contribution in [2.45, 2.75) is 131 Å². The van der Waals surface area contributed by atoms with Gasteiger partial charge in [0.05, 0.1) is 18.1 Å². The lowest BCUT2D eigenvalue weighted by atomic mass is 9.98. The number of benzene rings is 2. The van der Waals surface area contributed by atoms with E-state index in [1.54, 1.807) is 11.3 Å². The quantitative estimate of drug-likeness (QED) is 0.0341. The molecule has 0 aliphatic rings. The van der Waals surface area contributed by atoms with Gasteiger partial charge in [-0.25, -0.2) is 0 Å². The van der Waals surface area contributed by atoms with Gasteiger partial charge in [0.2, 0.25) is 0 Å². The maximum Gasteiger partial charge on any atom is 0.128 e. The van der Waals surface area contributed by atoms with Crippen molar-refractivity contribution in [2.24, 2.45) is 0 Å². The molecule has 0 aliphatic carbocycles. The van der Waals surface area contributed by atoms with E-state index in [1.807, 2.05) is 45.3 Å². The van der Waals surface area contributed by atoms with E-state index in [0.717, 1.165) is 48.5 Å². The third-order valence-corrected chi connectivity index (χ3v) is 17.9. The fourth-order valence-electron chi connectivity index (χ4n) is 7.98. The van der Waals surface area contributed by atoms with Crippen LogP contribution in [0.2, 0.25) is 0 Å². The Morgan fingerprint density at radius 3 is 1.33 bits per heavy atom. The van der Waals surface area contributed by atoms with Gasteiger partial charge in [0, 0.05) is 61.2 Å². The lowest BCUT2D eigenvalue weighted by Gasteiger charge is -2.17. The van der Waals surface area contributed by atoms with Crippen LogP contribution >= 0.6 is 65.9 Å². The number of thiophene rings is 5. The molecule has 0 amide bonds. The van der Waals surface area contributed by atoms with E-state index in [-0.39, 0.29) is 0 Å². The summed E-state index contributed by atoms with van der Waals surface area (Å²) in [5, 5.41) is 0. The second kappa shape index (κ2) is 24.9. The zero-order valence-electron chi connectivity index (χ0n) is 38.5. The number of ether oxygens (including phenoxy) is 2. The van der Waals surface area contributed by atoms with Crippen LogP contribution in [0.15, 0.2) is 84.9 Å². The van der Waals surface area contributed by atoms with E-state index < -0.39 is 0 Å². The molecule has 0 spiro atoms. The van der Waals surface area contributed by atoms with Crippen molar-refractivity contribution in [3.63, 3.8) is 0 Å². The summed E-state index contributed by atoms with van der Waals surface area (Å²) in [5.74, 6) is 8.74. The lowest BCUT2D eigenvalue weighted by molar-refractivity contribution is 0.299. The molecule has 1 atom stereocenters. The van der Waals surface area contributed by atoms with Gasteiger partial charge in [-0.2, -0.15) is 0 Å². The van der Waals surface area contributed by atoms with Crippen molar-refractivity contribution in [1.82, 2.24) is 0 Å². The van der Waals surface area contributed by atoms with Gasteiger partial charge in [-0.15, -0.1) is 56.7 Å². The van der Waals surface area contributed by atoms with E-state index in [2.05, 4.69) is 141 Å². The summed E-state index contributed by atoms with van der Waals surface area (Å²) in [6.45, 7) is 12.7. The van der Waals surface area contributed by atoms with Crippen molar-refractivity contribution >= 4 is 70.5 Å². The smallest absolute Gasteiger partial charge is 0.128 e. The molecule has 5 aromatic heterocycles. The minimum Gasteiger partial charge on any atom is -0.493 e. The van der Waals surface area contributed by atoms with Crippen LogP contribution in [0.3, 0.4) is 0 Å². The highest BCUT2D eigenvalue weighted by Crippen LogP contribution is 2.48. The molecule has 64 heavy (non-hydrogen) atoms. The standard InChI is InChI=1S/C56H65O2PS5/c1-6-9-12-15-16-17-18-19-22-41-23-24-52(60-41)53-28-25-48(61-53)42-35-40(5)43(36-39(42)4)49-26-29-54(62-49)55-30-27-50(63-55)44-37-47(58-34-21-14-11-8-3)45(51-31-32-56(59)64-51)38-46(44)57-33-20-13-10-7-2/h23-32,35-38H,6-18,20-21,33-34,59H2,1-5H3. The van der Waals surface area contributed by atoms with Gasteiger partial charge >= 0.3 is 0 Å². The topological polar surface area (TPSA) is 18.5 Å². The number of hydrogen-bond donors (Lipinski definition) is 0. The molecular formula is C56H65O2PS5. The number of hydrogen-bond acceptors (Lipinski definition) is 7. The Hall–Kier alpha value is -3.47. The molecule has 2 aromatic carbocycles. The summed E-state index contributed by atoms with van der Waals surface area (Å²) >= 11 is 9.21. The molecule has 0 fully saturated rings. The van der Waals surface area contributed by atoms with Crippen LogP contribution in [0.4, 0.5) is 0 Å². The monoisotopic (exact) mass is 960 g/mol. The molecule has 0 aliphatic heterocycles. The van der Waals surface area contributed by atoms with Gasteiger partial charge in [-0.05, 0) is 140 Å². The van der Waals surface area contributed by atoms with E-state index in [9.17, 15) is 0 Å². The lowest BCUT2D eigenvalue weighted by Crippen LogP contribution is -2.02. The Labute approximate surface area is 406 Å². The Bertz CT molecular complexity index is 2600. The highest BCUT2D eigenvalue weighted by molar-refractivity contribution is 7.44. The average Bonchev–Trinajstić information content (AvgIpc) is 4.16. The first kappa shape index (κ1) is 48.5. The van der Waals surface area contributed by atoms with Crippen LogP contribution in [-0.2, 0) is 0 Å². The van der Waals surface area contributed by atoms with Crippen LogP contribution < -0.4 is 14.1 Å². The summed E-state index contributed by atoms with van der Waals surface area (Å²) in [6.07, 6.45) is 18.3. The third-order valence-electron chi connectivity index (χ3n) is 11.6. The van der Waals surface area contributed by atoms with Crippen LogP contribution in [-0.4, -0.2) is 13.2 Å². The molecule has 8 heteroatoms. The van der Waals surface area contributed by atoms with Crippen molar-refractivity contribution in [3.05, 3.63) is 101 Å². The minimum atomic E-state index is 0.714. The summed E-state index contributed by atoms with van der Waals surface area (Å²) in [5.41, 5.74) is 7.47. The Morgan fingerprint density at radius 1 is 0.422 bits per heavy atom. The van der Waals surface area contributed by atoms with Crippen molar-refractivity contribution in [1.29, 1.82) is 0 Å². The summed E-state index contributed by atoms with van der Waals surface area (Å²) in [4.78, 5) is 11.4. The Morgan fingerprint density at radius 2 is 0.828 bits per heavy atom. The predicted octanol–water partition coefficient (Wildman–Crippen LogP) is 19.1. The zero-order chi connectivity index (χ0) is 44.7. The first-order chi connectivity index (χ1) is 31.3. The number of unbranched alkanes of at least 4 members (excludes halogenated alkanes) is 12. The fraction of sp³-hybridized carbons (Fsp3) is 0.393. The molecule has 7 aromatic rings. The van der Waals surface area contributed by atoms with Crippen molar-refractivity contribution in [3.8, 4) is 84.6 Å². The van der Waals surface area contributed by atoms with Gasteiger partial charge in [-0.1, -0.05) is 112 Å². The molecule has 0 saturated carbocycles. The van der Waals surface area contributed by atoms with Gasteiger partial charge in [0.25, 0.3) is 0 Å². The van der Waals surface area contributed by atoms with E-state index >= 15 is 0 Å². The Kier molecular flexibility index (Phi) is 18.8. The highest BCUT2D eigenvalue weighted by Gasteiger charge is 2.20. The van der Waals surface area contributed by atoms with Gasteiger partial charge in [-0.3, -0.25) is 0 Å². The van der Waals surface area contributed by atoms with Gasteiger partial charge < -0.3 is 9.47 Å². The second-order valence-corrected chi connectivity index (χ2v) is 23.3. The molecule has 0 saturated heterocycles. The zero-order valence-corrected chi connectivity index (χ0v) is 43.8. The summed E-state index contributed by atoms with van der Waals surface area (Å²) in [7, 11) is 2.85. The molecule has 0 radical (unpaired) electrons. The highest BCUT2D eigenvalue weighted by atomic mass is 32.1. The molecular weight excluding hydrogens is 896 g/mol. The summed E-state index contributed by atoms with van der Waals surface area (Å²) in [6, 6.07) is 31.8. The van der Waals surface area contributed by atoms with Crippen LogP contribution in [0.5, 0.6) is 11.5 Å². The van der Waals surface area contributed by atoms with E-state index in [0.29, 0.717) is 6.61 Å². The first-order valence-electron chi connectivity index (χ1n) is 23.7. The molecule has 0 bridgehead atoms. The molecule has 7 rings (SSSR count). The third kappa shape index (κ3) is 13.1. The van der Waals surface area contributed by atoms with Crippen LogP contribution in [0, 0.1) is 25.7 Å². The van der Waals surface area contributed by atoms with Crippen LogP contribution in [0.1, 0.15) is 133 Å². The number of aryl methyl sites for hydroxylation is 2. The maximum atomic E-state index is 6.67. The normalized spacial score (nSPS) is 11.3. The maximum absolute atomic E-state index is 6.67. The predicted molar refractivity (Wildman–Crippen MR) is 291 cm³/mol. The van der Waals surface area contributed by atoms with E-state index in [1.165, 1.54) is 148 Å².